The molecule has 0 aromatic carbocycles. The fourth-order valence-corrected chi connectivity index (χ4v) is 3.31. The molecule has 0 amide bonds. The van der Waals surface area contributed by atoms with Crippen LogP contribution < -0.4 is 4.74 Å². The van der Waals surface area contributed by atoms with Crippen molar-refractivity contribution in [1.29, 1.82) is 0 Å². The van der Waals surface area contributed by atoms with Crippen molar-refractivity contribution in [2.24, 2.45) is 0 Å². The van der Waals surface area contributed by atoms with Gasteiger partial charge in [-0.25, -0.2) is 4.98 Å². The number of ether oxygens (including phenoxy) is 1. The molecule has 1 saturated heterocycles. The highest BCUT2D eigenvalue weighted by Gasteiger charge is 2.29. The fraction of sp³-hybridized carbons (Fsp3) is 0.421. The van der Waals surface area contributed by atoms with Crippen LogP contribution in [0.25, 0.3) is 0 Å². The van der Waals surface area contributed by atoms with Gasteiger partial charge in [-0.1, -0.05) is 6.07 Å². The molecular formula is C19H24N4O3. The molecule has 1 fully saturated rings. The third-order valence-electron chi connectivity index (χ3n) is 4.62. The molecule has 0 radical (unpaired) electrons. The van der Waals surface area contributed by atoms with Crippen molar-refractivity contribution in [1.82, 2.24) is 19.8 Å². The summed E-state index contributed by atoms with van der Waals surface area (Å²) in [6.07, 6.45) is 4.31. The predicted molar refractivity (Wildman–Crippen MR) is 96.9 cm³/mol. The van der Waals surface area contributed by atoms with Gasteiger partial charge in [-0.2, -0.15) is 0 Å². The van der Waals surface area contributed by atoms with Crippen LogP contribution in [0.3, 0.4) is 0 Å². The maximum atomic E-state index is 11.9. The highest BCUT2D eigenvalue weighted by molar-refractivity contribution is 5.75. The Bertz CT molecular complexity index is 708. The van der Waals surface area contributed by atoms with Gasteiger partial charge in [0, 0.05) is 44.6 Å². The molecular weight excluding hydrogens is 332 g/mol. The van der Waals surface area contributed by atoms with Crippen molar-refractivity contribution in [3.63, 3.8) is 0 Å². The molecule has 0 spiro atoms. The lowest BCUT2D eigenvalue weighted by Gasteiger charge is -2.27. The molecule has 2 aromatic rings. The van der Waals surface area contributed by atoms with Crippen LogP contribution in [0, 0.1) is 0 Å². The van der Waals surface area contributed by atoms with E-state index in [1.165, 1.54) is 0 Å². The first kappa shape index (κ1) is 18.3. The first-order valence-corrected chi connectivity index (χ1v) is 8.76. The molecule has 2 aromatic heterocycles. The molecule has 0 aliphatic carbocycles. The van der Waals surface area contributed by atoms with E-state index in [-0.39, 0.29) is 0 Å². The van der Waals surface area contributed by atoms with E-state index in [1.54, 1.807) is 31.6 Å². The first-order chi connectivity index (χ1) is 12.7. The second-order valence-corrected chi connectivity index (χ2v) is 6.36. The summed E-state index contributed by atoms with van der Waals surface area (Å²) in [6, 6.07) is 8.71. The second kappa shape index (κ2) is 8.73. The van der Waals surface area contributed by atoms with Crippen molar-refractivity contribution in [2.75, 3.05) is 33.3 Å². The van der Waals surface area contributed by atoms with Gasteiger partial charge in [-0.3, -0.25) is 19.6 Å². The zero-order valence-electron chi connectivity index (χ0n) is 14.9. The number of aromatic nitrogens is 2. The van der Waals surface area contributed by atoms with Crippen LogP contribution >= 0.6 is 0 Å². The molecule has 3 rings (SSSR count). The quantitative estimate of drug-likeness (QED) is 0.846. The molecule has 1 unspecified atom stereocenters. The van der Waals surface area contributed by atoms with Crippen LogP contribution in [-0.4, -0.2) is 64.1 Å². The normalized spacial score (nSPS) is 17.4. The van der Waals surface area contributed by atoms with E-state index in [1.807, 2.05) is 23.1 Å². The number of pyridine rings is 2. The topological polar surface area (TPSA) is 78.8 Å². The van der Waals surface area contributed by atoms with E-state index in [4.69, 9.17) is 4.74 Å². The van der Waals surface area contributed by atoms with Crippen molar-refractivity contribution in [3.8, 4) is 5.88 Å². The monoisotopic (exact) mass is 356 g/mol. The lowest BCUT2D eigenvalue weighted by molar-refractivity contribution is -0.143. The van der Waals surface area contributed by atoms with Crippen molar-refractivity contribution >= 4 is 5.97 Å². The minimum absolute atomic E-state index is 0.482. The van der Waals surface area contributed by atoms with Crippen LogP contribution in [0.1, 0.15) is 23.7 Å². The third-order valence-corrected chi connectivity index (χ3v) is 4.62. The van der Waals surface area contributed by atoms with Crippen LogP contribution in [0.15, 0.2) is 42.7 Å². The van der Waals surface area contributed by atoms with Crippen molar-refractivity contribution < 1.29 is 14.6 Å². The Morgan fingerprint density at radius 2 is 2.08 bits per heavy atom. The van der Waals surface area contributed by atoms with Gasteiger partial charge < -0.3 is 9.84 Å². The summed E-state index contributed by atoms with van der Waals surface area (Å²) in [5.41, 5.74) is 1.71. The van der Waals surface area contributed by atoms with Gasteiger partial charge in [0.05, 0.1) is 12.8 Å². The zero-order valence-corrected chi connectivity index (χ0v) is 14.9. The average Bonchev–Trinajstić information content (AvgIpc) is 2.89. The molecule has 1 aliphatic heterocycles. The Balaban J connectivity index is 1.67. The number of hydrogen-bond acceptors (Lipinski definition) is 6. The van der Waals surface area contributed by atoms with Crippen LogP contribution in [0.5, 0.6) is 5.88 Å². The van der Waals surface area contributed by atoms with Crippen LogP contribution in [-0.2, 0) is 11.3 Å². The van der Waals surface area contributed by atoms with Crippen LogP contribution in [0.2, 0.25) is 0 Å². The summed E-state index contributed by atoms with van der Waals surface area (Å²) in [4.78, 5) is 24.8. The molecule has 26 heavy (non-hydrogen) atoms. The maximum Gasteiger partial charge on any atom is 0.325 e. The van der Waals surface area contributed by atoms with Gasteiger partial charge in [0.25, 0.3) is 0 Å². The SMILES string of the molecule is COc1ccc(C(C(=O)O)N2CCCN(Cc3ccccn3)CC2)cn1. The number of nitrogens with zero attached hydrogens (tertiary/aromatic N) is 4. The lowest BCUT2D eigenvalue weighted by atomic mass is 10.1. The summed E-state index contributed by atoms with van der Waals surface area (Å²) in [6.45, 7) is 3.96. The zero-order chi connectivity index (χ0) is 18.4. The Morgan fingerprint density at radius 3 is 2.73 bits per heavy atom. The number of methoxy groups -OCH3 is 1. The van der Waals surface area contributed by atoms with Gasteiger partial charge in [-0.15, -0.1) is 0 Å². The van der Waals surface area contributed by atoms with Gasteiger partial charge in [0.15, 0.2) is 0 Å². The Labute approximate surface area is 153 Å². The number of carbonyl (C=O) groups is 1. The van der Waals surface area contributed by atoms with Gasteiger partial charge >= 0.3 is 5.97 Å². The molecule has 138 valence electrons. The molecule has 1 atom stereocenters. The molecule has 7 nitrogen and oxygen atoms in total. The highest BCUT2D eigenvalue weighted by atomic mass is 16.5. The molecule has 1 aliphatic rings. The van der Waals surface area contributed by atoms with E-state index < -0.39 is 12.0 Å². The second-order valence-electron chi connectivity index (χ2n) is 6.36. The van der Waals surface area contributed by atoms with E-state index in [0.717, 1.165) is 38.3 Å². The number of carboxylic acids is 1. The maximum absolute atomic E-state index is 11.9. The van der Waals surface area contributed by atoms with Crippen molar-refractivity contribution in [3.05, 3.63) is 54.0 Å². The molecule has 0 saturated carbocycles. The first-order valence-electron chi connectivity index (χ1n) is 8.76. The fourth-order valence-electron chi connectivity index (χ4n) is 3.31. The average molecular weight is 356 g/mol. The highest BCUT2D eigenvalue weighted by Crippen LogP contribution is 2.23. The van der Waals surface area contributed by atoms with Gasteiger partial charge in [0.1, 0.15) is 6.04 Å². The summed E-state index contributed by atoms with van der Waals surface area (Å²) >= 11 is 0. The molecule has 0 bridgehead atoms. The molecule has 1 N–H and O–H groups in total. The predicted octanol–water partition coefficient (Wildman–Crippen LogP) is 1.82. The molecule has 7 heteroatoms. The largest absolute Gasteiger partial charge is 0.481 e. The number of aliphatic carboxylic acids is 1. The van der Waals surface area contributed by atoms with E-state index in [2.05, 4.69) is 14.9 Å². The standard InChI is InChI=1S/C19H24N4O3/c1-26-17-7-6-15(13-21-17)18(19(24)25)23-10-4-9-22(11-12-23)14-16-5-2-3-8-20-16/h2-3,5-8,13,18H,4,9-12,14H2,1H3,(H,24,25). The lowest BCUT2D eigenvalue weighted by Crippen LogP contribution is -2.37. The Kier molecular flexibility index (Phi) is 6.14. The Morgan fingerprint density at radius 1 is 1.19 bits per heavy atom. The van der Waals surface area contributed by atoms with E-state index in [0.29, 0.717) is 18.0 Å². The number of rotatable bonds is 6. The minimum Gasteiger partial charge on any atom is -0.481 e. The Hall–Kier alpha value is -2.51. The third kappa shape index (κ3) is 4.56. The number of carboxylic acid groups (broad SMARTS) is 1. The molecule has 3 heterocycles. The van der Waals surface area contributed by atoms with Crippen LogP contribution in [0.4, 0.5) is 0 Å². The van der Waals surface area contributed by atoms with E-state index in [9.17, 15) is 9.90 Å². The summed E-state index contributed by atoms with van der Waals surface area (Å²) in [5.74, 6) is -0.370. The van der Waals surface area contributed by atoms with E-state index >= 15 is 0 Å². The summed E-state index contributed by atoms with van der Waals surface area (Å²) in [5, 5.41) is 9.77. The van der Waals surface area contributed by atoms with Gasteiger partial charge in [-0.05, 0) is 36.7 Å². The number of hydrogen-bond donors (Lipinski definition) is 1. The minimum atomic E-state index is -0.852. The smallest absolute Gasteiger partial charge is 0.325 e. The van der Waals surface area contributed by atoms with Crippen molar-refractivity contribution in [2.45, 2.75) is 19.0 Å². The summed E-state index contributed by atoms with van der Waals surface area (Å²) in [7, 11) is 1.54. The summed E-state index contributed by atoms with van der Waals surface area (Å²) < 4.78 is 5.06. The van der Waals surface area contributed by atoms with Gasteiger partial charge in [0.2, 0.25) is 5.88 Å².